The molecule has 0 bridgehead atoms. The van der Waals surface area contributed by atoms with Gasteiger partial charge in [-0.25, -0.2) is 15.0 Å². The Bertz CT molecular complexity index is 3270. The van der Waals surface area contributed by atoms with E-state index in [-0.39, 0.29) is 0 Å². The highest BCUT2D eigenvalue weighted by atomic mass is 14.9. The van der Waals surface area contributed by atoms with Gasteiger partial charge in [-0.2, -0.15) is 0 Å². The van der Waals surface area contributed by atoms with E-state index in [1.54, 1.807) is 0 Å². The van der Waals surface area contributed by atoms with Gasteiger partial charge in [0.25, 0.3) is 0 Å². The van der Waals surface area contributed by atoms with Gasteiger partial charge in [0.2, 0.25) is 0 Å². The van der Waals surface area contributed by atoms with Gasteiger partial charge < -0.3 is 0 Å². The highest BCUT2D eigenvalue weighted by molar-refractivity contribution is 6.33. The lowest BCUT2D eigenvalue weighted by atomic mass is 9.89. The molecule has 0 spiro atoms. The van der Waals surface area contributed by atoms with Crippen molar-refractivity contribution in [3.63, 3.8) is 0 Å². The predicted molar refractivity (Wildman–Crippen MR) is 227 cm³/mol. The first-order chi connectivity index (χ1) is 26.8. The third kappa shape index (κ3) is 4.79. The average molecular weight is 686 g/mol. The van der Waals surface area contributed by atoms with E-state index in [2.05, 4.69) is 182 Å². The summed E-state index contributed by atoms with van der Waals surface area (Å²) in [6.45, 7) is 0. The van der Waals surface area contributed by atoms with Crippen molar-refractivity contribution in [3.05, 3.63) is 188 Å². The quantitative estimate of drug-likeness (QED) is 0.173. The van der Waals surface area contributed by atoms with Crippen molar-refractivity contribution >= 4 is 64.9 Å². The van der Waals surface area contributed by atoms with Crippen molar-refractivity contribution < 1.29 is 0 Å². The Labute approximate surface area is 311 Å². The molecule has 0 saturated heterocycles. The van der Waals surface area contributed by atoms with Crippen LogP contribution in [-0.2, 0) is 0 Å². The van der Waals surface area contributed by atoms with Gasteiger partial charge in [-0.05, 0) is 61.6 Å². The largest absolute Gasteiger partial charge is 0.247 e. The van der Waals surface area contributed by atoms with Crippen molar-refractivity contribution in [2.24, 2.45) is 0 Å². The van der Waals surface area contributed by atoms with Crippen LogP contribution in [-0.4, -0.2) is 15.0 Å². The standard InChI is InChI=1S/C51H31N3/c1-2-17-37-33(13-1)14-12-24-42(37)50-44-23-8-10-26-46(44)53-51(54-50)36-16-11-15-35(31-36)32-27-29-34(30-28-32)49-48-41-21-6-4-19-39(41)38-18-3-5-20-40(38)47(48)43-22-7-9-25-45(43)52-49/h1-31H. The summed E-state index contributed by atoms with van der Waals surface area (Å²) in [6, 6.07) is 66.7. The molecule has 3 nitrogen and oxygen atoms in total. The van der Waals surface area contributed by atoms with E-state index >= 15 is 0 Å². The fourth-order valence-corrected chi connectivity index (χ4v) is 8.34. The average Bonchev–Trinajstić information content (AvgIpc) is 3.25. The van der Waals surface area contributed by atoms with E-state index in [9.17, 15) is 0 Å². The highest BCUT2D eigenvalue weighted by Gasteiger charge is 2.18. The van der Waals surface area contributed by atoms with Crippen LogP contribution in [0.2, 0.25) is 0 Å². The number of para-hydroxylation sites is 2. The molecule has 9 aromatic carbocycles. The fourth-order valence-electron chi connectivity index (χ4n) is 8.34. The molecule has 0 fully saturated rings. The first kappa shape index (κ1) is 30.4. The van der Waals surface area contributed by atoms with Crippen LogP contribution in [0.5, 0.6) is 0 Å². The molecular formula is C51H31N3. The van der Waals surface area contributed by atoms with Crippen molar-refractivity contribution in [2.75, 3.05) is 0 Å². The summed E-state index contributed by atoms with van der Waals surface area (Å²) < 4.78 is 0. The van der Waals surface area contributed by atoms with Gasteiger partial charge >= 0.3 is 0 Å². The Kier molecular flexibility index (Phi) is 6.86. The van der Waals surface area contributed by atoms with Crippen molar-refractivity contribution in [3.8, 4) is 45.0 Å². The Morgan fingerprint density at radius 3 is 1.57 bits per heavy atom. The van der Waals surface area contributed by atoms with Gasteiger partial charge in [0.15, 0.2) is 5.82 Å². The summed E-state index contributed by atoms with van der Waals surface area (Å²) >= 11 is 0. The summed E-state index contributed by atoms with van der Waals surface area (Å²) in [5.41, 5.74) is 9.26. The maximum atomic E-state index is 5.35. The maximum absolute atomic E-state index is 5.35. The SMILES string of the molecule is c1cc(-c2ccc(-c3nc4ccccc4c4c5ccccc5c5ccccc5c34)cc2)cc(-c2nc(-c3cccc4ccccc34)c3ccccc3n2)c1. The number of nitrogens with zero attached hydrogens (tertiary/aromatic N) is 3. The summed E-state index contributed by atoms with van der Waals surface area (Å²) in [6.07, 6.45) is 0. The van der Waals surface area contributed by atoms with Crippen molar-refractivity contribution in [2.45, 2.75) is 0 Å². The van der Waals surface area contributed by atoms with E-state index in [1.807, 2.05) is 6.07 Å². The Balaban J connectivity index is 1.05. The van der Waals surface area contributed by atoms with Gasteiger partial charge in [-0.15, -0.1) is 0 Å². The van der Waals surface area contributed by atoms with Gasteiger partial charge in [0.05, 0.1) is 22.4 Å². The normalized spacial score (nSPS) is 11.7. The first-order valence-corrected chi connectivity index (χ1v) is 18.4. The molecule has 11 rings (SSSR count). The second kappa shape index (κ2) is 12.2. The summed E-state index contributed by atoms with van der Waals surface area (Å²) in [7, 11) is 0. The van der Waals surface area contributed by atoms with Crippen LogP contribution < -0.4 is 0 Å². The fraction of sp³-hybridized carbons (Fsp3) is 0. The van der Waals surface area contributed by atoms with E-state index < -0.39 is 0 Å². The smallest absolute Gasteiger partial charge is 0.160 e. The lowest BCUT2D eigenvalue weighted by Crippen LogP contribution is -1.96. The first-order valence-electron chi connectivity index (χ1n) is 18.4. The minimum Gasteiger partial charge on any atom is -0.247 e. The summed E-state index contributed by atoms with van der Waals surface area (Å²) in [5.74, 6) is 0.709. The molecule has 2 aromatic heterocycles. The second-order valence-corrected chi connectivity index (χ2v) is 13.9. The van der Waals surface area contributed by atoms with Gasteiger partial charge in [-0.1, -0.05) is 170 Å². The van der Waals surface area contributed by atoms with Crippen LogP contribution in [0.4, 0.5) is 0 Å². The van der Waals surface area contributed by atoms with Crippen LogP contribution in [0.3, 0.4) is 0 Å². The third-order valence-corrected chi connectivity index (χ3v) is 10.8. The highest BCUT2D eigenvalue weighted by Crippen LogP contribution is 2.43. The Morgan fingerprint density at radius 2 is 0.815 bits per heavy atom. The molecule has 0 unspecified atom stereocenters. The molecule has 0 saturated carbocycles. The lowest BCUT2D eigenvalue weighted by Gasteiger charge is -2.16. The van der Waals surface area contributed by atoms with E-state index in [1.165, 1.54) is 48.5 Å². The van der Waals surface area contributed by atoms with E-state index in [4.69, 9.17) is 15.0 Å². The van der Waals surface area contributed by atoms with E-state index in [0.717, 1.165) is 55.6 Å². The molecule has 250 valence electrons. The van der Waals surface area contributed by atoms with Crippen molar-refractivity contribution in [1.29, 1.82) is 0 Å². The zero-order valence-corrected chi connectivity index (χ0v) is 29.2. The summed E-state index contributed by atoms with van der Waals surface area (Å²) in [5, 5.41) is 12.0. The zero-order valence-electron chi connectivity index (χ0n) is 29.2. The molecule has 0 amide bonds. The number of aromatic nitrogens is 3. The van der Waals surface area contributed by atoms with Crippen LogP contribution >= 0.6 is 0 Å². The Hall–Kier alpha value is -7.23. The number of rotatable bonds is 4. The Morgan fingerprint density at radius 1 is 0.278 bits per heavy atom. The molecule has 2 heterocycles. The zero-order chi connectivity index (χ0) is 35.6. The molecule has 3 heteroatoms. The third-order valence-electron chi connectivity index (χ3n) is 10.8. The lowest BCUT2D eigenvalue weighted by molar-refractivity contribution is 1.23. The van der Waals surface area contributed by atoms with Crippen LogP contribution in [0.1, 0.15) is 0 Å². The number of hydrogen-bond donors (Lipinski definition) is 0. The van der Waals surface area contributed by atoms with Crippen LogP contribution in [0, 0.1) is 0 Å². The molecule has 0 aliphatic rings. The van der Waals surface area contributed by atoms with Gasteiger partial charge in [0.1, 0.15) is 0 Å². The molecular weight excluding hydrogens is 655 g/mol. The van der Waals surface area contributed by atoms with Gasteiger partial charge in [-0.3, -0.25) is 0 Å². The summed E-state index contributed by atoms with van der Waals surface area (Å²) in [4.78, 5) is 15.7. The second-order valence-electron chi connectivity index (χ2n) is 13.9. The number of hydrogen-bond acceptors (Lipinski definition) is 3. The van der Waals surface area contributed by atoms with Crippen LogP contribution in [0.25, 0.3) is 110 Å². The molecule has 11 aromatic rings. The number of fused-ring (bicyclic) bond motifs is 10. The van der Waals surface area contributed by atoms with Gasteiger partial charge in [0, 0.05) is 38.2 Å². The number of pyridine rings is 1. The molecule has 0 N–H and O–H groups in total. The minimum absolute atomic E-state index is 0.709. The molecule has 0 radical (unpaired) electrons. The minimum atomic E-state index is 0.709. The van der Waals surface area contributed by atoms with E-state index in [0.29, 0.717) is 5.82 Å². The molecule has 0 aliphatic heterocycles. The van der Waals surface area contributed by atoms with Crippen molar-refractivity contribution in [1.82, 2.24) is 15.0 Å². The van der Waals surface area contributed by atoms with Crippen LogP contribution in [0.15, 0.2) is 188 Å². The molecule has 0 atom stereocenters. The maximum Gasteiger partial charge on any atom is 0.160 e. The molecule has 0 aliphatic carbocycles. The monoisotopic (exact) mass is 685 g/mol. The number of benzene rings is 9. The topological polar surface area (TPSA) is 38.7 Å². The predicted octanol–water partition coefficient (Wildman–Crippen LogP) is 13.5. The molecule has 54 heavy (non-hydrogen) atoms.